The number of hydrogen-bond acceptors (Lipinski definition) is 3. The molecule has 2 amide bonds. The van der Waals surface area contributed by atoms with Gasteiger partial charge in [0.2, 0.25) is 11.8 Å². The molecule has 1 aliphatic carbocycles. The van der Waals surface area contributed by atoms with Gasteiger partial charge in [0.1, 0.15) is 0 Å². The van der Waals surface area contributed by atoms with Gasteiger partial charge >= 0.3 is 0 Å². The number of aryl methyl sites for hydroxylation is 2. The SMILES string of the molecule is CC(=O)NCCC(=O)N1CCC[C@@H](C(=O)c2ccc3c4c(cccc24)CC3)C1. The minimum absolute atomic E-state index is 0.00617. The summed E-state index contributed by atoms with van der Waals surface area (Å²) < 4.78 is 0. The summed E-state index contributed by atoms with van der Waals surface area (Å²) in [5, 5.41) is 4.98. The Bertz CT molecular complexity index is 940. The van der Waals surface area contributed by atoms with Gasteiger partial charge in [-0.1, -0.05) is 30.3 Å². The number of benzene rings is 2. The molecule has 146 valence electrons. The largest absolute Gasteiger partial charge is 0.356 e. The van der Waals surface area contributed by atoms with E-state index in [1.807, 2.05) is 12.1 Å². The molecule has 1 fully saturated rings. The molecule has 1 aliphatic heterocycles. The van der Waals surface area contributed by atoms with Crippen LogP contribution in [-0.2, 0) is 22.4 Å². The Hall–Kier alpha value is -2.69. The lowest BCUT2D eigenvalue weighted by molar-refractivity contribution is -0.132. The molecule has 0 aromatic heterocycles. The third-order valence-corrected chi connectivity index (χ3v) is 6.00. The van der Waals surface area contributed by atoms with E-state index in [2.05, 4.69) is 23.5 Å². The molecule has 28 heavy (non-hydrogen) atoms. The number of piperidine rings is 1. The fourth-order valence-corrected chi connectivity index (χ4v) is 4.60. The second kappa shape index (κ2) is 7.74. The Kier molecular flexibility index (Phi) is 5.16. The Morgan fingerprint density at radius 3 is 2.68 bits per heavy atom. The first-order valence-electron chi connectivity index (χ1n) is 10.1. The topological polar surface area (TPSA) is 66.5 Å². The highest BCUT2D eigenvalue weighted by Gasteiger charge is 2.30. The zero-order valence-corrected chi connectivity index (χ0v) is 16.3. The second-order valence-electron chi connectivity index (χ2n) is 7.89. The van der Waals surface area contributed by atoms with E-state index in [-0.39, 0.29) is 29.9 Å². The Labute approximate surface area is 165 Å². The van der Waals surface area contributed by atoms with Crippen molar-refractivity contribution in [2.24, 2.45) is 5.92 Å². The van der Waals surface area contributed by atoms with Crippen LogP contribution in [0.2, 0.25) is 0 Å². The van der Waals surface area contributed by atoms with Gasteiger partial charge in [0.15, 0.2) is 5.78 Å². The first kappa shape index (κ1) is 18.7. The van der Waals surface area contributed by atoms with Crippen molar-refractivity contribution in [3.05, 3.63) is 47.0 Å². The Morgan fingerprint density at radius 2 is 1.89 bits per heavy atom. The van der Waals surface area contributed by atoms with E-state index in [1.165, 1.54) is 23.4 Å². The molecular weight excluding hydrogens is 352 g/mol. The maximum absolute atomic E-state index is 13.3. The average molecular weight is 378 g/mol. The highest BCUT2D eigenvalue weighted by molar-refractivity contribution is 6.11. The second-order valence-corrected chi connectivity index (χ2v) is 7.89. The first-order chi connectivity index (χ1) is 13.5. The number of carbonyl (C=O) groups excluding carboxylic acids is 3. The van der Waals surface area contributed by atoms with Crippen molar-refractivity contribution in [2.45, 2.75) is 39.0 Å². The summed E-state index contributed by atoms with van der Waals surface area (Å²) in [5.74, 6) is -0.134. The van der Waals surface area contributed by atoms with Gasteiger partial charge in [0, 0.05) is 44.5 Å². The van der Waals surface area contributed by atoms with Gasteiger partial charge in [-0.05, 0) is 47.6 Å². The van der Waals surface area contributed by atoms with E-state index in [9.17, 15) is 14.4 Å². The first-order valence-corrected chi connectivity index (χ1v) is 10.1. The molecular formula is C23H26N2O3. The summed E-state index contributed by atoms with van der Waals surface area (Å²) >= 11 is 0. The fourth-order valence-electron chi connectivity index (χ4n) is 4.60. The predicted molar refractivity (Wildman–Crippen MR) is 108 cm³/mol. The fraction of sp³-hybridized carbons (Fsp3) is 0.435. The Morgan fingerprint density at radius 1 is 1.11 bits per heavy atom. The zero-order valence-electron chi connectivity index (χ0n) is 16.3. The molecule has 0 bridgehead atoms. The smallest absolute Gasteiger partial charge is 0.224 e. The van der Waals surface area contributed by atoms with Crippen LogP contribution in [-0.4, -0.2) is 42.1 Å². The summed E-state index contributed by atoms with van der Waals surface area (Å²) in [4.78, 5) is 38.6. The van der Waals surface area contributed by atoms with Crippen molar-refractivity contribution in [1.29, 1.82) is 0 Å². The standard InChI is InChI=1S/C23H26N2O3/c1-15(26)24-12-11-21(27)25-13-3-5-18(14-25)23(28)20-10-9-17-8-7-16-4-2-6-19(20)22(16)17/h2,4,6,9-10,18H,3,5,7-8,11-14H2,1H3,(H,24,26)/t18-/m1/s1. The van der Waals surface area contributed by atoms with Crippen LogP contribution in [0.25, 0.3) is 10.8 Å². The summed E-state index contributed by atoms with van der Waals surface area (Å²) in [6.07, 6.45) is 4.02. The molecule has 5 nitrogen and oxygen atoms in total. The zero-order chi connectivity index (χ0) is 19.7. The number of nitrogens with one attached hydrogen (secondary N) is 1. The van der Waals surface area contributed by atoms with Gasteiger partial charge in [0.25, 0.3) is 0 Å². The van der Waals surface area contributed by atoms with E-state index in [0.29, 0.717) is 19.6 Å². The van der Waals surface area contributed by atoms with Gasteiger partial charge in [-0.3, -0.25) is 14.4 Å². The van der Waals surface area contributed by atoms with Crippen LogP contribution in [0, 0.1) is 5.92 Å². The van der Waals surface area contributed by atoms with Crippen molar-refractivity contribution in [1.82, 2.24) is 10.2 Å². The quantitative estimate of drug-likeness (QED) is 0.814. The van der Waals surface area contributed by atoms with Gasteiger partial charge < -0.3 is 10.2 Å². The number of hydrogen-bond donors (Lipinski definition) is 1. The summed E-state index contributed by atoms with van der Waals surface area (Å²) in [6, 6.07) is 10.3. The van der Waals surface area contributed by atoms with Gasteiger partial charge in [-0.15, -0.1) is 0 Å². The van der Waals surface area contributed by atoms with Crippen molar-refractivity contribution in [3.8, 4) is 0 Å². The van der Waals surface area contributed by atoms with Crippen LogP contribution in [0.3, 0.4) is 0 Å². The highest BCUT2D eigenvalue weighted by Crippen LogP contribution is 2.34. The predicted octanol–water partition coefficient (Wildman–Crippen LogP) is 2.89. The van der Waals surface area contributed by atoms with Crippen molar-refractivity contribution >= 4 is 28.4 Å². The minimum atomic E-state index is -0.156. The van der Waals surface area contributed by atoms with Crippen LogP contribution in [0.5, 0.6) is 0 Å². The number of nitrogens with zero attached hydrogens (tertiary/aromatic N) is 1. The molecule has 1 atom stereocenters. The number of rotatable bonds is 5. The monoisotopic (exact) mass is 378 g/mol. The number of likely N-dealkylation sites (tertiary alicyclic amines) is 1. The van der Waals surface area contributed by atoms with E-state index in [0.717, 1.165) is 36.6 Å². The normalized spacial score (nSPS) is 18.3. The number of carbonyl (C=O) groups is 3. The van der Waals surface area contributed by atoms with Crippen LogP contribution in [0.15, 0.2) is 30.3 Å². The van der Waals surface area contributed by atoms with Gasteiger partial charge in [-0.25, -0.2) is 0 Å². The molecule has 1 heterocycles. The van der Waals surface area contributed by atoms with Crippen LogP contribution >= 0.6 is 0 Å². The van der Waals surface area contributed by atoms with Crippen molar-refractivity contribution in [2.75, 3.05) is 19.6 Å². The molecule has 0 unspecified atom stereocenters. The van der Waals surface area contributed by atoms with Crippen LogP contribution in [0.4, 0.5) is 0 Å². The average Bonchev–Trinajstić information content (AvgIpc) is 3.12. The van der Waals surface area contributed by atoms with E-state index in [1.54, 1.807) is 4.90 Å². The number of amides is 2. The van der Waals surface area contributed by atoms with E-state index >= 15 is 0 Å². The molecule has 5 heteroatoms. The highest BCUT2D eigenvalue weighted by atomic mass is 16.2. The lowest BCUT2D eigenvalue weighted by atomic mass is 9.87. The van der Waals surface area contributed by atoms with E-state index < -0.39 is 0 Å². The Balaban J connectivity index is 1.50. The van der Waals surface area contributed by atoms with Crippen molar-refractivity contribution < 1.29 is 14.4 Å². The maximum Gasteiger partial charge on any atom is 0.224 e. The maximum atomic E-state index is 13.3. The van der Waals surface area contributed by atoms with Crippen molar-refractivity contribution in [3.63, 3.8) is 0 Å². The molecule has 2 aromatic carbocycles. The minimum Gasteiger partial charge on any atom is -0.356 e. The molecule has 1 N–H and O–H groups in total. The third-order valence-electron chi connectivity index (χ3n) is 6.00. The molecule has 0 spiro atoms. The number of Topliss-reactive ketones (excluding diaryl/α,β-unsaturated/α-hetero) is 1. The molecule has 0 saturated carbocycles. The van der Waals surface area contributed by atoms with Gasteiger partial charge in [0.05, 0.1) is 0 Å². The lowest BCUT2D eigenvalue weighted by Gasteiger charge is -2.32. The van der Waals surface area contributed by atoms with Crippen LogP contribution < -0.4 is 5.32 Å². The number of ketones is 1. The summed E-state index contributed by atoms with van der Waals surface area (Å²) in [7, 11) is 0. The molecule has 1 saturated heterocycles. The molecule has 0 radical (unpaired) electrons. The van der Waals surface area contributed by atoms with Gasteiger partial charge in [-0.2, -0.15) is 0 Å². The van der Waals surface area contributed by atoms with Crippen LogP contribution in [0.1, 0.15) is 47.7 Å². The molecule has 2 aromatic rings. The lowest BCUT2D eigenvalue weighted by Crippen LogP contribution is -2.43. The molecule has 4 rings (SSSR count). The third kappa shape index (κ3) is 3.53. The van der Waals surface area contributed by atoms with E-state index in [4.69, 9.17) is 0 Å². The molecule has 2 aliphatic rings. The summed E-state index contributed by atoms with van der Waals surface area (Å²) in [5.41, 5.74) is 3.46. The summed E-state index contributed by atoms with van der Waals surface area (Å²) in [6.45, 7) is 2.95.